The van der Waals surface area contributed by atoms with Gasteiger partial charge in [0.25, 0.3) is 11.8 Å². The summed E-state index contributed by atoms with van der Waals surface area (Å²) < 4.78 is 2.14. The van der Waals surface area contributed by atoms with E-state index in [-0.39, 0.29) is 17.2 Å². The topological polar surface area (TPSA) is 54.3 Å². The van der Waals surface area contributed by atoms with Crippen molar-refractivity contribution in [3.05, 3.63) is 70.6 Å². The van der Waals surface area contributed by atoms with Crippen LogP contribution >= 0.6 is 12.2 Å². The average molecular weight is 394 g/mol. The fourth-order valence-electron chi connectivity index (χ4n) is 3.43. The molecule has 1 aromatic heterocycles. The molecule has 1 saturated heterocycles. The lowest BCUT2D eigenvalue weighted by Crippen LogP contribution is -2.53. The van der Waals surface area contributed by atoms with Gasteiger partial charge in [-0.25, -0.2) is 0 Å². The fraction of sp³-hybridized carbons (Fsp3) is 0.227. The van der Waals surface area contributed by atoms with Gasteiger partial charge in [-0.2, -0.15) is 0 Å². The van der Waals surface area contributed by atoms with Crippen LogP contribution in [0.2, 0.25) is 0 Å². The van der Waals surface area contributed by atoms with Crippen LogP contribution in [-0.4, -0.2) is 32.9 Å². The summed E-state index contributed by atoms with van der Waals surface area (Å²) in [6.07, 6.45) is 3.21. The standard InChI is InChI=1S/C22H23N3O2S/c1-6-10-24-21(27)18(20(26)23-22(24)28)12-17-11-14(3)25(16(17)5)19-9-7-8-13(2)15(19)4/h6-9,11-12H,1,10H2,2-5H3,(H,23,26,28). The molecule has 0 atom stereocenters. The summed E-state index contributed by atoms with van der Waals surface area (Å²) in [4.78, 5) is 26.5. The van der Waals surface area contributed by atoms with E-state index in [0.717, 1.165) is 22.6 Å². The van der Waals surface area contributed by atoms with Crippen LogP contribution in [0.5, 0.6) is 0 Å². The van der Waals surface area contributed by atoms with Crippen LogP contribution in [0.4, 0.5) is 0 Å². The van der Waals surface area contributed by atoms with Crippen molar-refractivity contribution in [3.8, 4) is 5.69 Å². The number of rotatable bonds is 4. The Hall–Kier alpha value is -2.99. The van der Waals surface area contributed by atoms with Crippen LogP contribution in [0.25, 0.3) is 11.8 Å². The van der Waals surface area contributed by atoms with Gasteiger partial charge in [0.1, 0.15) is 5.57 Å². The molecule has 5 nitrogen and oxygen atoms in total. The number of nitrogens with zero attached hydrogens (tertiary/aromatic N) is 2. The second-order valence-corrected chi connectivity index (χ2v) is 7.29. The fourth-order valence-corrected chi connectivity index (χ4v) is 3.68. The van der Waals surface area contributed by atoms with Crippen molar-refractivity contribution in [2.24, 2.45) is 0 Å². The predicted octanol–water partition coefficient (Wildman–Crippen LogP) is 3.52. The van der Waals surface area contributed by atoms with E-state index in [4.69, 9.17) is 12.2 Å². The minimum absolute atomic E-state index is 0.0664. The van der Waals surface area contributed by atoms with Gasteiger partial charge in [0.05, 0.1) is 0 Å². The van der Waals surface area contributed by atoms with Gasteiger partial charge in [0, 0.05) is 23.6 Å². The van der Waals surface area contributed by atoms with Crippen LogP contribution < -0.4 is 5.32 Å². The number of hydrogen-bond acceptors (Lipinski definition) is 3. The van der Waals surface area contributed by atoms with E-state index in [9.17, 15) is 9.59 Å². The second kappa shape index (κ2) is 7.56. The molecule has 1 aliphatic heterocycles. The van der Waals surface area contributed by atoms with Crippen LogP contribution in [0.3, 0.4) is 0 Å². The van der Waals surface area contributed by atoms with Gasteiger partial charge in [0.2, 0.25) is 0 Å². The van der Waals surface area contributed by atoms with Gasteiger partial charge in [-0.05, 0) is 74.8 Å². The zero-order valence-electron chi connectivity index (χ0n) is 16.5. The minimum atomic E-state index is -0.480. The molecule has 1 aliphatic rings. The van der Waals surface area contributed by atoms with E-state index in [1.165, 1.54) is 16.0 Å². The maximum atomic E-state index is 12.8. The number of benzene rings is 1. The zero-order chi connectivity index (χ0) is 20.6. The summed E-state index contributed by atoms with van der Waals surface area (Å²) in [5.41, 5.74) is 6.37. The normalized spacial score (nSPS) is 15.9. The van der Waals surface area contributed by atoms with Gasteiger partial charge in [-0.1, -0.05) is 18.2 Å². The molecule has 0 spiro atoms. The smallest absolute Gasteiger partial charge is 0.265 e. The Bertz CT molecular complexity index is 1050. The van der Waals surface area contributed by atoms with Crippen LogP contribution in [0.1, 0.15) is 28.1 Å². The monoisotopic (exact) mass is 393 g/mol. The molecule has 6 heteroatoms. The number of amides is 2. The molecule has 0 aliphatic carbocycles. The third-order valence-electron chi connectivity index (χ3n) is 5.08. The molecule has 2 amide bonds. The first-order valence-corrected chi connectivity index (χ1v) is 9.42. The molecule has 0 bridgehead atoms. The molecule has 2 aromatic rings. The van der Waals surface area contributed by atoms with Crippen molar-refractivity contribution in [2.45, 2.75) is 27.7 Å². The molecule has 28 heavy (non-hydrogen) atoms. The zero-order valence-corrected chi connectivity index (χ0v) is 17.3. The molecule has 3 rings (SSSR count). The van der Waals surface area contributed by atoms with Crippen molar-refractivity contribution in [2.75, 3.05) is 6.54 Å². The first-order valence-electron chi connectivity index (χ1n) is 9.01. The molecule has 1 fully saturated rings. The largest absolute Gasteiger partial charge is 0.318 e. The van der Waals surface area contributed by atoms with Gasteiger partial charge >= 0.3 is 0 Å². The van der Waals surface area contributed by atoms with Crippen LogP contribution in [-0.2, 0) is 9.59 Å². The number of aromatic nitrogens is 1. The number of hydrogen-bond donors (Lipinski definition) is 1. The Balaban J connectivity index is 2.09. The van der Waals surface area contributed by atoms with Crippen molar-refractivity contribution < 1.29 is 9.59 Å². The van der Waals surface area contributed by atoms with Crippen LogP contribution in [0, 0.1) is 27.7 Å². The van der Waals surface area contributed by atoms with E-state index in [1.807, 2.05) is 26.0 Å². The highest BCUT2D eigenvalue weighted by molar-refractivity contribution is 7.80. The molecule has 2 heterocycles. The summed E-state index contributed by atoms with van der Waals surface area (Å²) in [6, 6.07) is 8.16. The highest BCUT2D eigenvalue weighted by Crippen LogP contribution is 2.27. The molecule has 1 N–H and O–H groups in total. The molecule has 0 saturated carbocycles. The predicted molar refractivity (Wildman–Crippen MR) is 115 cm³/mol. The summed E-state index contributed by atoms with van der Waals surface area (Å²) in [7, 11) is 0. The van der Waals surface area contributed by atoms with Crippen molar-refractivity contribution in [1.29, 1.82) is 0 Å². The molecular weight excluding hydrogens is 370 g/mol. The highest BCUT2D eigenvalue weighted by atomic mass is 32.1. The lowest BCUT2D eigenvalue weighted by Gasteiger charge is -2.27. The molecule has 144 valence electrons. The molecule has 0 unspecified atom stereocenters. The summed E-state index contributed by atoms with van der Waals surface area (Å²) in [6.45, 7) is 12.1. The van der Waals surface area contributed by atoms with Gasteiger partial charge in [-0.15, -0.1) is 6.58 Å². The lowest BCUT2D eigenvalue weighted by molar-refractivity contribution is -0.128. The Morgan fingerprint density at radius 2 is 1.89 bits per heavy atom. The number of nitrogens with one attached hydrogen (secondary N) is 1. The number of aryl methyl sites for hydroxylation is 2. The van der Waals surface area contributed by atoms with Crippen molar-refractivity contribution >= 4 is 35.2 Å². The SMILES string of the molecule is C=CCN1C(=O)C(=Cc2cc(C)n(-c3cccc(C)c3C)c2C)C(=O)NC1=S. The van der Waals surface area contributed by atoms with Crippen molar-refractivity contribution in [3.63, 3.8) is 0 Å². The number of carbonyl (C=O) groups excluding carboxylic acids is 2. The molecule has 0 radical (unpaired) electrons. The third kappa shape index (κ3) is 3.31. The first kappa shape index (κ1) is 19.8. The van der Waals surface area contributed by atoms with E-state index in [1.54, 1.807) is 12.2 Å². The molecule has 1 aromatic carbocycles. The Kier molecular flexibility index (Phi) is 5.34. The third-order valence-corrected chi connectivity index (χ3v) is 5.41. The summed E-state index contributed by atoms with van der Waals surface area (Å²) in [5.74, 6) is -0.892. The average Bonchev–Trinajstić information content (AvgIpc) is 2.91. The highest BCUT2D eigenvalue weighted by Gasteiger charge is 2.32. The van der Waals surface area contributed by atoms with Gasteiger partial charge in [-0.3, -0.25) is 19.8 Å². The quantitative estimate of drug-likeness (QED) is 0.374. The number of carbonyl (C=O) groups is 2. The Morgan fingerprint density at radius 3 is 2.57 bits per heavy atom. The van der Waals surface area contributed by atoms with Gasteiger partial charge in [0.15, 0.2) is 5.11 Å². The number of thiocarbonyl (C=S) groups is 1. The summed E-state index contributed by atoms with van der Waals surface area (Å²) in [5, 5.41) is 2.68. The van der Waals surface area contributed by atoms with E-state index >= 15 is 0 Å². The van der Waals surface area contributed by atoms with E-state index in [2.05, 4.69) is 42.4 Å². The summed E-state index contributed by atoms with van der Waals surface area (Å²) >= 11 is 5.10. The lowest BCUT2D eigenvalue weighted by atomic mass is 10.1. The maximum Gasteiger partial charge on any atom is 0.265 e. The van der Waals surface area contributed by atoms with Crippen molar-refractivity contribution in [1.82, 2.24) is 14.8 Å². The van der Waals surface area contributed by atoms with E-state index < -0.39 is 11.8 Å². The minimum Gasteiger partial charge on any atom is -0.318 e. The first-order chi connectivity index (χ1) is 13.3. The maximum absolute atomic E-state index is 12.8. The van der Waals surface area contributed by atoms with E-state index in [0.29, 0.717) is 0 Å². The molecular formula is C22H23N3O2S. The van der Waals surface area contributed by atoms with Gasteiger partial charge < -0.3 is 4.57 Å². The van der Waals surface area contributed by atoms with Crippen LogP contribution in [0.15, 0.2) is 42.5 Å². The Morgan fingerprint density at radius 1 is 1.18 bits per heavy atom. The second-order valence-electron chi connectivity index (χ2n) is 6.90. The Labute approximate surface area is 170 Å².